The first-order chi connectivity index (χ1) is 8.22. The fourth-order valence-corrected chi connectivity index (χ4v) is 2.81. The summed E-state index contributed by atoms with van der Waals surface area (Å²) >= 11 is 12.0. The first-order valence-electron chi connectivity index (χ1n) is 6.17. The van der Waals surface area contributed by atoms with Gasteiger partial charge in [0.25, 0.3) is 0 Å². The summed E-state index contributed by atoms with van der Waals surface area (Å²) in [5, 5.41) is 8.52. The molecule has 1 fully saturated rings. The second-order valence-corrected chi connectivity index (χ2v) is 5.19. The van der Waals surface area contributed by atoms with Crippen LogP contribution < -0.4 is 4.90 Å². The van der Waals surface area contributed by atoms with Gasteiger partial charge in [0.2, 0.25) is 0 Å². The third-order valence-electron chi connectivity index (χ3n) is 3.36. The first kappa shape index (κ1) is 12.9. The van der Waals surface area contributed by atoms with Gasteiger partial charge in [-0.25, -0.2) is 0 Å². The van der Waals surface area contributed by atoms with Crippen molar-refractivity contribution >= 4 is 28.9 Å². The number of rotatable bonds is 2. The molecule has 0 amide bonds. The van der Waals surface area contributed by atoms with Crippen LogP contribution in [0.2, 0.25) is 10.3 Å². The van der Waals surface area contributed by atoms with Crippen molar-refractivity contribution in [3.63, 3.8) is 0 Å². The molecule has 17 heavy (non-hydrogen) atoms. The summed E-state index contributed by atoms with van der Waals surface area (Å²) in [5.41, 5.74) is 0.931. The Morgan fingerprint density at radius 2 is 2.12 bits per heavy atom. The highest BCUT2D eigenvalue weighted by Crippen LogP contribution is 2.31. The highest BCUT2D eigenvalue weighted by molar-refractivity contribution is 6.33. The van der Waals surface area contributed by atoms with Gasteiger partial charge in [0, 0.05) is 18.7 Å². The zero-order valence-corrected chi connectivity index (χ0v) is 11.5. The standard InChI is InChI=1S/C12H17Cl2N3/c1-2-9-6-4-3-5-7-17(9)10-8-11(13)15-16-12(10)14/h8-9H,2-7H2,1H3. The Kier molecular flexibility index (Phi) is 4.46. The highest BCUT2D eigenvalue weighted by atomic mass is 35.5. The van der Waals surface area contributed by atoms with Crippen molar-refractivity contribution < 1.29 is 0 Å². The monoisotopic (exact) mass is 273 g/mol. The van der Waals surface area contributed by atoms with Gasteiger partial charge in [-0.15, -0.1) is 10.2 Å². The highest BCUT2D eigenvalue weighted by Gasteiger charge is 2.22. The minimum Gasteiger partial charge on any atom is -0.366 e. The SMILES string of the molecule is CCC1CCCCCN1c1cc(Cl)nnc1Cl. The second kappa shape index (κ2) is 5.87. The van der Waals surface area contributed by atoms with Crippen molar-refractivity contribution in [2.45, 2.75) is 45.1 Å². The van der Waals surface area contributed by atoms with E-state index >= 15 is 0 Å². The molecule has 2 heterocycles. The van der Waals surface area contributed by atoms with Crippen molar-refractivity contribution in [3.05, 3.63) is 16.4 Å². The zero-order chi connectivity index (χ0) is 12.3. The molecule has 0 aromatic carbocycles. The van der Waals surface area contributed by atoms with E-state index in [-0.39, 0.29) is 0 Å². The van der Waals surface area contributed by atoms with Crippen molar-refractivity contribution in [1.82, 2.24) is 10.2 Å². The summed E-state index contributed by atoms with van der Waals surface area (Å²) in [6, 6.07) is 2.36. The lowest BCUT2D eigenvalue weighted by Gasteiger charge is -2.31. The van der Waals surface area contributed by atoms with E-state index in [1.54, 1.807) is 0 Å². The third-order valence-corrected chi connectivity index (χ3v) is 3.81. The molecule has 1 aromatic heterocycles. The minimum atomic E-state index is 0.406. The van der Waals surface area contributed by atoms with Crippen LogP contribution >= 0.6 is 23.2 Å². The zero-order valence-electron chi connectivity index (χ0n) is 9.99. The largest absolute Gasteiger partial charge is 0.366 e. The lowest BCUT2D eigenvalue weighted by molar-refractivity contribution is 0.555. The maximum absolute atomic E-state index is 6.13. The Bertz CT molecular complexity index is 384. The number of aromatic nitrogens is 2. The van der Waals surface area contributed by atoms with Gasteiger partial charge in [-0.3, -0.25) is 0 Å². The number of hydrogen-bond donors (Lipinski definition) is 0. The molecule has 1 aromatic rings. The van der Waals surface area contributed by atoms with Crippen LogP contribution in [0.15, 0.2) is 6.07 Å². The molecule has 0 radical (unpaired) electrons. The predicted octanol–water partition coefficient (Wildman–Crippen LogP) is 3.94. The topological polar surface area (TPSA) is 29.0 Å². The van der Waals surface area contributed by atoms with E-state index in [1.165, 1.54) is 25.7 Å². The summed E-state index contributed by atoms with van der Waals surface area (Å²) in [6.07, 6.45) is 6.12. The van der Waals surface area contributed by atoms with Gasteiger partial charge in [-0.2, -0.15) is 0 Å². The number of anilines is 1. The number of halogens is 2. The van der Waals surface area contributed by atoms with Crippen molar-refractivity contribution in [1.29, 1.82) is 0 Å². The maximum atomic E-state index is 6.13. The Hall–Kier alpha value is -0.540. The Morgan fingerprint density at radius 1 is 1.29 bits per heavy atom. The van der Waals surface area contributed by atoms with Gasteiger partial charge in [-0.1, -0.05) is 43.0 Å². The van der Waals surface area contributed by atoms with Crippen LogP contribution in [-0.4, -0.2) is 22.8 Å². The number of hydrogen-bond acceptors (Lipinski definition) is 3. The molecule has 1 unspecified atom stereocenters. The molecule has 0 spiro atoms. The van der Waals surface area contributed by atoms with Crippen LogP contribution in [-0.2, 0) is 0 Å². The van der Waals surface area contributed by atoms with Crippen molar-refractivity contribution in [3.8, 4) is 0 Å². The smallest absolute Gasteiger partial charge is 0.175 e. The van der Waals surface area contributed by atoms with Crippen LogP contribution in [0.5, 0.6) is 0 Å². The van der Waals surface area contributed by atoms with Crippen LogP contribution in [0.1, 0.15) is 39.0 Å². The van der Waals surface area contributed by atoms with Crippen LogP contribution in [0.3, 0.4) is 0 Å². The lowest BCUT2D eigenvalue weighted by atomic mass is 10.1. The van der Waals surface area contributed by atoms with Crippen LogP contribution in [0, 0.1) is 0 Å². The van der Waals surface area contributed by atoms with E-state index in [4.69, 9.17) is 23.2 Å². The van der Waals surface area contributed by atoms with E-state index < -0.39 is 0 Å². The summed E-state index contributed by atoms with van der Waals surface area (Å²) in [6.45, 7) is 3.24. The summed E-state index contributed by atoms with van der Waals surface area (Å²) in [5.74, 6) is 0. The van der Waals surface area contributed by atoms with Crippen LogP contribution in [0.4, 0.5) is 5.69 Å². The minimum absolute atomic E-state index is 0.406. The van der Waals surface area contributed by atoms with E-state index in [0.717, 1.165) is 18.7 Å². The van der Waals surface area contributed by atoms with Crippen LogP contribution in [0.25, 0.3) is 0 Å². The average molecular weight is 274 g/mol. The molecule has 0 N–H and O–H groups in total. The summed E-state index contributed by atoms with van der Waals surface area (Å²) in [7, 11) is 0. The second-order valence-electron chi connectivity index (χ2n) is 4.45. The molecule has 1 aliphatic rings. The van der Waals surface area contributed by atoms with Gasteiger partial charge < -0.3 is 4.90 Å². The Balaban J connectivity index is 2.31. The van der Waals surface area contributed by atoms with Crippen molar-refractivity contribution in [2.24, 2.45) is 0 Å². The first-order valence-corrected chi connectivity index (χ1v) is 6.93. The normalized spacial score (nSPS) is 21.4. The van der Waals surface area contributed by atoms with E-state index in [0.29, 0.717) is 16.3 Å². The molecule has 94 valence electrons. The molecule has 0 aliphatic carbocycles. The molecular weight excluding hydrogens is 257 g/mol. The van der Waals surface area contributed by atoms with Gasteiger partial charge in [0.15, 0.2) is 10.3 Å². The van der Waals surface area contributed by atoms with E-state index in [9.17, 15) is 0 Å². The molecule has 1 aliphatic heterocycles. The van der Waals surface area contributed by atoms with Gasteiger partial charge in [0.1, 0.15) is 0 Å². The van der Waals surface area contributed by atoms with Gasteiger partial charge in [0.05, 0.1) is 5.69 Å². The molecular formula is C12H17Cl2N3. The molecule has 5 heteroatoms. The molecule has 0 saturated carbocycles. The lowest BCUT2D eigenvalue weighted by Crippen LogP contribution is -2.34. The van der Waals surface area contributed by atoms with E-state index in [2.05, 4.69) is 22.0 Å². The van der Waals surface area contributed by atoms with Crippen molar-refractivity contribution in [2.75, 3.05) is 11.4 Å². The molecule has 1 saturated heterocycles. The Morgan fingerprint density at radius 3 is 2.88 bits per heavy atom. The third kappa shape index (κ3) is 3.02. The maximum Gasteiger partial charge on any atom is 0.175 e. The molecule has 1 atom stereocenters. The van der Waals surface area contributed by atoms with E-state index in [1.807, 2.05) is 6.07 Å². The Labute approximate surface area is 112 Å². The number of nitrogens with zero attached hydrogens (tertiary/aromatic N) is 3. The summed E-state index contributed by atoms with van der Waals surface area (Å²) < 4.78 is 0. The average Bonchev–Trinajstić information content (AvgIpc) is 2.57. The van der Waals surface area contributed by atoms with Gasteiger partial charge in [-0.05, 0) is 19.3 Å². The van der Waals surface area contributed by atoms with Gasteiger partial charge >= 0.3 is 0 Å². The quantitative estimate of drug-likeness (QED) is 0.817. The molecule has 2 rings (SSSR count). The molecule has 3 nitrogen and oxygen atoms in total. The molecule has 0 bridgehead atoms. The fraction of sp³-hybridized carbons (Fsp3) is 0.667. The summed E-state index contributed by atoms with van der Waals surface area (Å²) in [4.78, 5) is 2.34. The fourth-order valence-electron chi connectivity index (χ4n) is 2.46. The predicted molar refractivity (Wildman–Crippen MR) is 71.9 cm³/mol.